The molecule has 5 nitrogen and oxygen atoms in total. The van der Waals surface area contributed by atoms with Crippen LogP contribution >= 0.6 is 0 Å². The molecule has 0 aromatic rings. The highest BCUT2D eigenvalue weighted by Crippen LogP contribution is 2.26. The van der Waals surface area contributed by atoms with Crippen molar-refractivity contribution in [3.8, 4) is 0 Å². The number of aliphatic carboxylic acids is 1. The van der Waals surface area contributed by atoms with Crippen LogP contribution in [0.3, 0.4) is 0 Å². The predicted molar refractivity (Wildman–Crippen MR) is 51.3 cm³/mol. The minimum Gasteiger partial charge on any atom is -0.481 e. The van der Waals surface area contributed by atoms with Gasteiger partial charge >= 0.3 is 5.97 Å². The summed E-state index contributed by atoms with van der Waals surface area (Å²) in [5, 5.41) is 8.91. The third-order valence-corrected chi connectivity index (χ3v) is 3.22. The summed E-state index contributed by atoms with van der Waals surface area (Å²) in [5.74, 6) is -1.28. The van der Waals surface area contributed by atoms with Gasteiger partial charge in [0.25, 0.3) is 5.91 Å². The molecule has 0 bridgehead atoms. The lowest BCUT2D eigenvalue weighted by Gasteiger charge is -2.43. The van der Waals surface area contributed by atoms with E-state index in [-0.39, 0.29) is 11.9 Å². The standard InChI is InChI=1S/C10H15NO4/c1-6-9(12)11-4-7(10(13)14)2-3-8(11)5-15-6/h6-8H,2-5H2,1H3,(H,13,14)/t6-,7+,8-/m0/s1. The smallest absolute Gasteiger partial charge is 0.308 e. The van der Waals surface area contributed by atoms with E-state index in [1.807, 2.05) is 0 Å². The number of rotatable bonds is 1. The number of fused-ring (bicyclic) bond motifs is 1. The molecule has 84 valence electrons. The Morgan fingerprint density at radius 3 is 2.93 bits per heavy atom. The minimum atomic E-state index is -0.805. The number of carboxylic acid groups (broad SMARTS) is 1. The van der Waals surface area contributed by atoms with Gasteiger partial charge in [-0.1, -0.05) is 0 Å². The quantitative estimate of drug-likeness (QED) is 0.670. The van der Waals surface area contributed by atoms with Gasteiger partial charge in [-0.3, -0.25) is 9.59 Å². The van der Waals surface area contributed by atoms with Crippen molar-refractivity contribution in [2.45, 2.75) is 31.9 Å². The third kappa shape index (κ3) is 1.84. The molecule has 15 heavy (non-hydrogen) atoms. The molecule has 2 rings (SSSR count). The molecule has 2 saturated heterocycles. The number of ether oxygens (including phenoxy) is 1. The summed E-state index contributed by atoms with van der Waals surface area (Å²) >= 11 is 0. The van der Waals surface area contributed by atoms with E-state index < -0.39 is 18.0 Å². The number of piperidine rings is 1. The number of morpholine rings is 1. The Morgan fingerprint density at radius 1 is 1.53 bits per heavy atom. The fourth-order valence-electron chi connectivity index (χ4n) is 2.23. The SMILES string of the molecule is C[C@@H]1OC[C@@H]2CC[C@@H](C(=O)O)CN2C1=O. The molecule has 0 saturated carbocycles. The largest absolute Gasteiger partial charge is 0.481 e. The molecule has 2 aliphatic heterocycles. The summed E-state index contributed by atoms with van der Waals surface area (Å²) in [6, 6.07) is 0.0873. The predicted octanol–water partition coefficient (Wildman–Crippen LogP) is 0.0969. The normalized spacial score (nSPS) is 36.2. The highest BCUT2D eigenvalue weighted by Gasteiger charge is 2.39. The van der Waals surface area contributed by atoms with Crippen molar-refractivity contribution in [1.82, 2.24) is 4.90 Å². The number of amides is 1. The van der Waals surface area contributed by atoms with E-state index in [2.05, 4.69) is 0 Å². The van der Waals surface area contributed by atoms with Gasteiger partial charge in [0.2, 0.25) is 0 Å². The van der Waals surface area contributed by atoms with Crippen LogP contribution in [0.2, 0.25) is 0 Å². The maximum absolute atomic E-state index is 11.7. The molecule has 0 unspecified atom stereocenters. The average Bonchev–Trinajstić information content (AvgIpc) is 2.23. The van der Waals surface area contributed by atoms with Gasteiger partial charge in [0.05, 0.1) is 18.6 Å². The van der Waals surface area contributed by atoms with E-state index in [1.165, 1.54) is 0 Å². The van der Waals surface area contributed by atoms with E-state index in [1.54, 1.807) is 11.8 Å². The molecule has 2 fully saturated rings. The van der Waals surface area contributed by atoms with Gasteiger partial charge in [0.1, 0.15) is 6.10 Å². The van der Waals surface area contributed by atoms with Crippen LogP contribution in [0.1, 0.15) is 19.8 Å². The Hall–Kier alpha value is -1.10. The van der Waals surface area contributed by atoms with Crippen LogP contribution in [-0.2, 0) is 14.3 Å². The molecule has 0 spiro atoms. The van der Waals surface area contributed by atoms with Gasteiger partial charge in [0.15, 0.2) is 0 Å². The second-order valence-corrected chi connectivity index (χ2v) is 4.23. The van der Waals surface area contributed by atoms with E-state index in [0.717, 1.165) is 6.42 Å². The first-order valence-electron chi connectivity index (χ1n) is 5.24. The highest BCUT2D eigenvalue weighted by molar-refractivity contribution is 5.82. The Balaban J connectivity index is 2.08. The zero-order valence-electron chi connectivity index (χ0n) is 8.68. The first-order chi connectivity index (χ1) is 7.09. The van der Waals surface area contributed by atoms with Crippen LogP contribution in [0.25, 0.3) is 0 Å². The summed E-state index contributed by atoms with van der Waals surface area (Å²) in [5.41, 5.74) is 0. The van der Waals surface area contributed by atoms with Crippen molar-refractivity contribution < 1.29 is 19.4 Å². The zero-order chi connectivity index (χ0) is 11.0. The Bertz CT molecular complexity index is 291. The maximum atomic E-state index is 11.7. The highest BCUT2D eigenvalue weighted by atomic mass is 16.5. The van der Waals surface area contributed by atoms with Gasteiger partial charge in [-0.15, -0.1) is 0 Å². The molecule has 0 aliphatic carbocycles. The molecular weight excluding hydrogens is 198 g/mol. The van der Waals surface area contributed by atoms with Gasteiger partial charge in [0, 0.05) is 6.54 Å². The second kappa shape index (κ2) is 3.81. The van der Waals surface area contributed by atoms with E-state index in [4.69, 9.17) is 9.84 Å². The number of nitrogens with zero attached hydrogens (tertiary/aromatic N) is 1. The number of carboxylic acids is 1. The number of hydrogen-bond acceptors (Lipinski definition) is 3. The first kappa shape index (κ1) is 10.4. The van der Waals surface area contributed by atoms with Crippen molar-refractivity contribution in [1.29, 1.82) is 0 Å². The lowest BCUT2D eigenvalue weighted by atomic mass is 9.92. The molecule has 0 radical (unpaired) electrons. The summed E-state index contributed by atoms with van der Waals surface area (Å²) < 4.78 is 5.32. The average molecular weight is 213 g/mol. The lowest BCUT2D eigenvalue weighted by Crippen LogP contribution is -2.57. The summed E-state index contributed by atoms with van der Waals surface area (Å²) in [6.45, 7) is 2.59. The first-order valence-corrected chi connectivity index (χ1v) is 5.24. The van der Waals surface area contributed by atoms with Crippen LogP contribution in [0.15, 0.2) is 0 Å². The summed E-state index contributed by atoms with van der Waals surface area (Å²) in [7, 11) is 0. The Morgan fingerprint density at radius 2 is 2.27 bits per heavy atom. The van der Waals surface area contributed by atoms with E-state index in [9.17, 15) is 9.59 Å². The molecule has 0 aromatic carbocycles. The molecule has 1 amide bonds. The molecule has 0 aromatic heterocycles. The molecule has 2 heterocycles. The Kier molecular flexibility index (Phi) is 2.65. The maximum Gasteiger partial charge on any atom is 0.308 e. The van der Waals surface area contributed by atoms with Gasteiger partial charge in [-0.2, -0.15) is 0 Å². The molecule has 2 aliphatic rings. The van der Waals surface area contributed by atoms with E-state index in [0.29, 0.717) is 19.6 Å². The van der Waals surface area contributed by atoms with Crippen molar-refractivity contribution in [2.75, 3.05) is 13.2 Å². The summed E-state index contributed by atoms with van der Waals surface area (Å²) in [6.07, 6.45) is 0.950. The van der Waals surface area contributed by atoms with Crippen molar-refractivity contribution >= 4 is 11.9 Å². The monoisotopic (exact) mass is 213 g/mol. The number of carbonyl (C=O) groups excluding carboxylic acids is 1. The minimum absolute atomic E-state index is 0.0720. The number of carbonyl (C=O) groups is 2. The van der Waals surface area contributed by atoms with Crippen LogP contribution < -0.4 is 0 Å². The van der Waals surface area contributed by atoms with Crippen LogP contribution in [0.5, 0.6) is 0 Å². The fraction of sp³-hybridized carbons (Fsp3) is 0.800. The van der Waals surface area contributed by atoms with Gasteiger partial charge in [-0.25, -0.2) is 0 Å². The van der Waals surface area contributed by atoms with Crippen molar-refractivity contribution in [3.05, 3.63) is 0 Å². The van der Waals surface area contributed by atoms with Gasteiger partial charge in [-0.05, 0) is 19.8 Å². The zero-order valence-corrected chi connectivity index (χ0v) is 8.68. The third-order valence-electron chi connectivity index (χ3n) is 3.22. The Labute approximate surface area is 88.0 Å². The van der Waals surface area contributed by atoms with Crippen LogP contribution in [0.4, 0.5) is 0 Å². The van der Waals surface area contributed by atoms with Crippen molar-refractivity contribution in [2.24, 2.45) is 5.92 Å². The second-order valence-electron chi connectivity index (χ2n) is 4.23. The van der Waals surface area contributed by atoms with Crippen LogP contribution in [-0.4, -0.2) is 47.2 Å². The number of hydrogen-bond donors (Lipinski definition) is 1. The fourth-order valence-corrected chi connectivity index (χ4v) is 2.23. The molecular formula is C10H15NO4. The topological polar surface area (TPSA) is 66.8 Å². The molecule has 3 atom stereocenters. The van der Waals surface area contributed by atoms with Crippen molar-refractivity contribution in [3.63, 3.8) is 0 Å². The summed E-state index contributed by atoms with van der Waals surface area (Å²) in [4.78, 5) is 24.3. The van der Waals surface area contributed by atoms with E-state index >= 15 is 0 Å². The molecule has 5 heteroatoms. The van der Waals surface area contributed by atoms with Gasteiger partial charge < -0.3 is 14.7 Å². The molecule has 1 N–H and O–H groups in total. The lowest BCUT2D eigenvalue weighted by molar-refractivity contribution is -0.165. The van der Waals surface area contributed by atoms with Crippen LogP contribution in [0, 0.1) is 5.92 Å².